The minimum atomic E-state index is 0.267. The molecular formula is C15H26N2O. The van der Waals surface area contributed by atoms with Gasteiger partial charge in [0.2, 0.25) is 0 Å². The Morgan fingerprint density at radius 1 is 1.22 bits per heavy atom. The fourth-order valence-corrected chi connectivity index (χ4v) is 2.14. The van der Waals surface area contributed by atoms with Crippen LogP contribution in [0.25, 0.3) is 0 Å². The van der Waals surface area contributed by atoms with Gasteiger partial charge in [-0.3, -0.25) is 0 Å². The van der Waals surface area contributed by atoms with E-state index in [0.717, 1.165) is 25.7 Å². The number of hydrogen-bond acceptors (Lipinski definition) is 3. The zero-order chi connectivity index (χ0) is 13.2. The van der Waals surface area contributed by atoms with E-state index in [1.165, 1.54) is 5.56 Å². The molecule has 2 unspecified atom stereocenters. The minimum Gasteiger partial charge on any atom is -0.396 e. The van der Waals surface area contributed by atoms with Crippen molar-refractivity contribution in [1.29, 1.82) is 0 Å². The lowest BCUT2D eigenvalue weighted by Crippen LogP contribution is -2.41. The number of aryl methyl sites for hydroxylation is 1. The largest absolute Gasteiger partial charge is 0.396 e. The minimum absolute atomic E-state index is 0.267. The Hall–Kier alpha value is -0.900. The van der Waals surface area contributed by atoms with Gasteiger partial charge in [0.05, 0.1) is 0 Å². The van der Waals surface area contributed by atoms with Gasteiger partial charge in [0.1, 0.15) is 0 Å². The Balaban J connectivity index is 2.29. The van der Waals surface area contributed by atoms with Crippen LogP contribution < -0.4 is 11.1 Å². The van der Waals surface area contributed by atoms with Crippen LogP contribution in [0.15, 0.2) is 30.3 Å². The van der Waals surface area contributed by atoms with Gasteiger partial charge in [-0.25, -0.2) is 0 Å². The van der Waals surface area contributed by atoms with E-state index in [1.807, 2.05) is 6.07 Å². The van der Waals surface area contributed by atoms with E-state index in [-0.39, 0.29) is 6.61 Å². The molecule has 3 nitrogen and oxygen atoms in total. The van der Waals surface area contributed by atoms with E-state index in [9.17, 15) is 0 Å². The lowest BCUT2D eigenvalue weighted by atomic mass is 10.0. The van der Waals surface area contributed by atoms with Crippen LogP contribution in [0.3, 0.4) is 0 Å². The second-order valence-electron chi connectivity index (χ2n) is 4.89. The predicted octanol–water partition coefficient (Wildman–Crippen LogP) is 1.70. The van der Waals surface area contributed by atoms with E-state index in [4.69, 9.17) is 10.8 Å². The highest BCUT2D eigenvalue weighted by molar-refractivity contribution is 5.14. The Morgan fingerprint density at radius 3 is 2.56 bits per heavy atom. The summed E-state index contributed by atoms with van der Waals surface area (Å²) >= 11 is 0. The van der Waals surface area contributed by atoms with Crippen LogP contribution >= 0.6 is 0 Å². The van der Waals surface area contributed by atoms with Crippen LogP contribution in [-0.4, -0.2) is 30.3 Å². The van der Waals surface area contributed by atoms with Crippen molar-refractivity contribution in [2.45, 2.75) is 44.7 Å². The smallest absolute Gasteiger partial charge is 0.0431 e. The first-order valence-corrected chi connectivity index (χ1v) is 6.87. The molecule has 0 aliphatic rings. The summed E-state index contributed by atoms with van der Waals surface area (Å²) in [5, 5.41) is 12.3. The summed E-state index contributed by atoms with van der Waals surface area (Å²) in [7, 11) is 0. The molecule has 0 bridgehead atoms. The van der Waals surface area contributed by atoms with Gasteiger partial charge in [-0.1, -0.05) is 30.3 Å². The number of benzene rings is 1. The van der Waals surface area contributed by atoms with Gasteiger partial charge < -0.3 is 16.2 Å². The van der Waals surface area contributed by atoms with Crippen molar-refractivity contribution in [3.8, 4) is 0 Å². The van der Waals surface area contributed by atoms with E-state index in [1.54, 1.807) is 0 Å². The van der Waals surface area contributed by atoms with Gasteiger partial charge in [0, 0.05) is 25.2 Å². The molecule has 1 rings (SSSR count). The van der Waals surface area contributed by atoms with Crippen molar-refractivity contribution >= 4 is 0 Å². The second kappa shape index (κ2) is 9.09. The first-order chi connectivity index (χ1) is 8.76. The number of aliphatic hydroxyl groups is 1. The number of nitrogens with two attached hydrogens (primary N) is 1. The molecule has 0 spiro atoms. The Labute approximate surface area is 110 Å². The Morgan fingerprint density at radius 2 is 1.94 bits per heavy atom. The highest BCUT2D eigenvalue weighted by Crippen LogP contribution is 2.06. The zero-order valence-electron chi connectivity index (χ0n) is 11.3. The van der Waals surface area contributed by atoms with Crippen molar-refractivity contribution in [2.75, 3.05) is 13.2 Å². The topological polar surface area (TPSA) is 58.3 Å². The number of aliphatic hydroxyl groups excluding tert-OH is 1. The third-order valence-corrected chi connectivity index (χ3v) is 3.22. The first-order valence-electron chi connectivity index (χ1n) is 6.87. The normalized spacial score (nSPS) is 14.4. The number of rotatable bonds is 9. The third-order valence-electron chi connectivity index (χ3n) is 3.22. The summed E-state index contributed by atoms with van der Waals surface area (Å²) in [6.45, 7) is 3.08. The predicted molar refractivity (Wildman–Crippen MR) is 76.5 cm³/mol. The van der Waals surface area contributed by atoms with Gasteiger partial charge >= 0.3 is 0 Å². The van der Waals surface area contributed by atoms with Crippen molar-refractivity contribution in [1.82, 2.24) is 5.32 Å². The highest BCUT2D eigenvalue weighted by atomic mass is 16.2. The maximum atomic E-state index is 8.81. The van der Waals surface area contributed by atoms with Crippen molar-refractivity contribution in [3.05, 3.63) is 35.9 Å². The molecule has 0 aromatic heterocycles. The second-order valence-corrected chi connectivity index (χ2v) is 4.89. The molecule has 4 N–H and O–H groups in total. The molecule has 0 aliphatic carbocycles. The maximum absolute atomic E-state index is 8.81. The van der Waals surface area contributed by atoms with E-state index in [0.29, 0.717) is 18.6 Å². The van der Waals surface area contributed by atoms with Crippen LogP contribution in [0.2, 0.25) is 0 Å². The standard InChI is InChI=1S/C15H26N2O/c1-13(6-5-11-18)17-15(12-16)10-9-14-7-3-2-4-8-14/h2-4,7-8,13,15,17-18H,5-6,9-12,16H2,1H3. The van der Waals surface area contributed by atoms with Gasteiger partial charge in [0.15, 0.2) is 0 Å². The maximum Gasteiger partial charge on any atom is 0.0431 e. The van der Waals surface area contributed by atoms with Crippen LogP contribution in [-0.2, 0) is 6.42 Å². The molecular weight excluding hydrogens is 224 g/mol. The Bertz CT molecular complexity index is 303. The van der Waals surface area contributed by atoms with Crippen LogP contribution in [0.5, 0.6) is 0 Å². The van der Waals surface area contributed by atoms with E-state index >= 15 is 0 Å². The molecule has 0 saturated heterocycles. The SMILES string of the molecule is CC(CCCO)NC(CN)CCc1ccccc1. The average Bonchev–Trinajstić information content (AvgIpc) is 2.42. The first kappa shape index (κ1) is 15.2. The quantitative estimate of drug-likeness (QED) is 0.625. The fourth-order valence-electron chi connectivity index (χ4n) is 2.14. The van der Waals surface area contributed by atoms with Gasteiger partial charge in [0.25, 0.3) is 0 Å². The molecule has 102 valence electrons. The monoisotopic (exact) mass is 250 g/mol. The molecule has 0 amide bonds. The third kappa shape index (κ3) is 6.15. The van der Waals surface area contributed by atoms with Crippen LogP contribution in [0.4, 0.5) is 0 Å². The molecule has 0 heterocycles. The fraction of sp³-hybridized carbons (Fsp3) is 0.600. The summed E-state index contributed by atoms with van der Waals surface area (Å²) in [6.07, 6.45) is 3.97. The molecule has 0 aliphatic heterocycles. The zero-order valence-corrected chi connectivity index (χ0v) is 11.3. The summed E-state index contributed by atoms with van der Waals surface area (Å²) in [4.78, 5) is 0. The highest BCUT2D eigenvalue weighted by Gasteiger charge is 2.10. The van der Waals surface area contributed by atoms with Crippen LogP contribution in [0, 0.1) is 0 Å². The average molecular weight is 250 g/mol. The molecule has 18 heavy (non-hydrogen) atoms. The van der Waals surface area contributed by atoms with Gasteiger partial charge in [-0.2, -0.15) is 0 Å². The van der Waals surface area contributed by atoms with Gasteiger partial charge in [-0.05, 0) is 38.2 Å². The lowest BCUT2D eigenvalue weighted by molar-refractivity contribution is 0.273. The molecule has 1 aromatic rings. The molecule has 0 saturated carbocycles. The van der Waals surface area contributed by atoms with Crippen molar-refractivity contribution in [3.63, 3.8) is 0 Å². The summed E-state index contributed by atoms with van der Waals surface area (Å²) in [6, 6.07) is 11.3. The number of hydrogen-bond donors (Lipinski definition) is 3. The molecule has 0 fully saturated rings. The summed E-state index contributed by atoms with van der Waals surface area (Å²) in [5.41, 5.74) is 7.16. The molecule has 1 aromatic carbocycles. The van der Waals surface area contributed by atoms with E-state index in [2.05, 4.69) is 36.5 Å². The molecule has 3 heteroatoms. The Kier molecular flexibility index (Phi) is 7.65. The van der Waals surface area contributed by atoms with Gasteiger partial charge in [-0.15, -0.1) is 0 Å². The van der Waals surface area contributed by atoms with Crippen molar-refractivity contribution in [2.24, 2.45) is 5.73 Å². The number of nitrogens with one attached hydrogen (secondary N) is 1. The van der Waals surface area contributed by atoms with Crippen LogP contribution in [0.1, 0.15) is 31.7 Å². The summed E-state index contributed by atoms with van der Waals surface area (Å²) < 4.78 is 0. The molecule has 2 atom stereocenters. The lowest BCUT2D eigenvalue weighted by Gasteiger charge is -2.22. The van der Waals surface area contributed by atoms with E-state index < -0.39 is 0 Å². The molecule has 0 radical (unpaired) electrons. The summed E-state index contributed by atoms with van der Waals surface area (Å²) in [5.74, 6) is 0. The van der Waals surface area contributed by atoms with Crippen molar-refractivity contribution < 1.29 is 5.11 Å².